The van der Waals surface area contributed by atoms with Gasteiger partial charge in [-0.15, -0.1) is 11.3 Å². The molecule has 0 spiro atoms. The minimum absolute atomic E-state index is 0.527. The van der Waals surface area contributed by atoms with E-state index in [9.17, 15) is 8.78 Å². The Morgan fingerprint density at radius 3 is 2.32 bits per heavy atom. The fourth-order valence-corrected chi connectivity index (χ4v) is 3.82. The van der Waals surface area contributed by atoms with Crippen molar-refractivity contribution in [2.24, 2.45) is 0 Å². The zero-order valence-electron chi connectivity index (χ0n) is 9.85. The van der Waals surface area contributed by atoms with Gasteiger partial charge < -0.3 is 5.32 Å². The molecule has 102 valence electrons. The van der Waals surface area contributed by atoms with Crippen molar-refractivity contribution in [1.29, 1.82) is 0 Å². The van der Waals surface area contributed by atoms with Crippen LogP contribution in [-0.4, -0.2) is 6.54 Å². The molecule has 0 unspecified atom stereocenters. The van der Waals surface area contributed by atoms with Crippen molar-refractivity contribution in [3.05, 3.63) is 54.6 Å². The van der Waals surface area contributed by atoms with Gasteiger partial charge in [0.05, 0.1) is 3.79 Å². The molecule has 1 N–H and O–H groups in total. The summed E-state index contributed by atoms with van der Waals surface area (Å²) in [7, 11) is 0. The standard InChI is InChI=1S/C13H11Br2F2NS/c14-12-6-11(19-13(12)15)7-18-2-1-8-3-9(16)5-10(17)4-8/h3-6,18H,1-2,7H2. The summed E-state index contributed by atoms with van der Waals surface area (Å²) in [6, 6.07) is 5.66. The van der Waals surface area contributed by atoms with Gasteiger partial charge in [-0.05, 0) is 68.6 Å². The maximum absolute atomic E-state index is 13.0. The molecule has 2 rings (SSSR count). The molecule has 1 nitrogen and oxygen atoms in total. The van der Waals surface area contributed by atoms with E-state index in [2.05, 4.69) is 37.2 Å². The van der Waals surface area contributed by atoms with Crippen molar-refractivity contribution < 1.29 is 8.78 Å². The summed E-state index contributed by atoms with van der Waals surface area (Å²) < 4.78 is 28.1. The van der Waals surface area contributed by atoms with Gasteiger partial charge in [-0.1, -0.05) is 0 Å². The van der Waals surface area contributed by atoms with Gasteiger partial charge in [-0.3, -0.25) is 0 Å². The Hall–Kier alpha value is -0.300. The molecule has 6 heteroatoms. The topological polar surface area (TPSA) is 12.0 Å². The van der Waals surface area contributed by atoms with Crippen LogP contribution in [0.15, 0.2) is 32.5 Å². The maximum atomic E-state index is 13.0. The van der Waals surface area contributed by atoms with Crippen LogP contribution in [-0.2, 0) is 13.0 Å². The van der Waals surface area contributed by atoms with Crippen LogP contribution in [0, 0.1) is 11.6 Å². The summed E-state index contributed by atoms with van der Waals surface area (Å²) >= 11 is 8.52. The highest BCUT2D eigenvalue weighted by Gasteiger charge is 2.04. The highest BCUT2D eigenvalue weighted by molar-refractivity contribution is 9.13. The second-order valence-corrected chi connectivity index (χ2v) is 7.35. The van der Waals surface area contributed by atoms with Crippen molar-refractivity contribution in [1.82, 2.24) is 5.32 Å². The summed E-state index contributed by atoms with van der Waals surface area (Å²) in [5.74, 6) is -1.05. The zero-order chi connectivity index (χ0) is 13.8. The third-order valence-corrected chi connectivity index (χ3v) is 5.76. The van der Waals surface area contributed by atoms with Crippen molar-refractivity contribution >= 4 is 43.2 Å². The molecule has 0 radical (unpaired) electrons. The number of hydrogen-bond acceptors (Lipinski definition) is 2. The SMILES string of the molecule is Fc1cc(F)cc(CCNCc2cc(Br)c(Br)s2)c1. The normalized spacial score (nSPS) is 10.9. The Morgan fingerprint density at radius 2 is 1.74 bits per heavy atom. The molecule has 0 aliphatic carbocycles. The molecule has 0 bridgehead atoms. The first-order valence-corrected chi connectivity index (χ1v) is 8.04. The number of halogens is 4. The lowest BCUT2D eigenvalue weighted by Gasteiger charge is -2.04. The van der Waals surface area contributed by atoms with Crippen LogP contribution >= 0.6 is 43.2 Å². The number of thiophene rings is 1. The summed E-state index contributed by atoms with van der Waals surface area (Å²) in [5, 5.41) is 3.25. The largest absolute Gasteiger partial charge is 0.312 e. The quantitative estimate of drug-likeness (QED) is 0.692. The molecule has 0 amide bonds. The van der Waals surface area contributed by atoms with E-state index in [-0.39, 0.29) is 0 Å². The zero-order valence-corrected chi connectivity index (χ0v) is 13.8. The summed E-state index contributed by atoms with van der Waals surface area (Å²) in [6.45, 7) is 1.42. The van der Waals surface area contributed by atoms with E-state index in [1.54, 1.807) is 11.3 Å². The molecule has 0 saturated carbocycles. The van der Waals surface area contributed by atoms with E-state index in [1.807, 2.05) is 6.07 Å². The van der Waals surface area contributed by atoms with E-state index in [4.69, 9.17) is 0 Å². The van der Waals surface area contributed by atoms with Gasteiger partial charge in [0.1, 0.15) is 11.6 Å². The second kappa shape index (κ2) is 6.92. The van der Waals surface area contributed by atoms with Gasteiger partial charge in [-0.25, -0.2) is 8.78 Å². The first-order valence-electron chi connectivity index (χ1n) is 5.64. The monoisotopic (exact) mass is 409 g/mol. The summed E-state index contributed by atoms with van der Waals surface area (Å²) in [4.78, 5) is 1.20. The summed E-state index contributed by atoms with van der Waals surface area (Å²) in [6.07, 6.45) is 0.600. The Balaban J connectivity index is 1.80. The minimum Gasteiger partial charge on any atom is -0.312 e. The Kier molecular flexibility index (Phi) is 5.50. The molecular weight excluding hydrogens is 400 g/mol. The van der Waals surface area contributed by atoms with Gasteiger partial charge in [0.25, 0.3) is 0 Å². The molecular formula is C13H11Br2F2NS. The Morgan fingerprint density at radius 1 is 1.05 bits per heavy atom. The van der Waals surface area contributed by atoms with E-state index < -0.39 is 11.6 Å². The third kappa shape index (κ3) is 4.63. The van der Waals surface area contributed by atoms with Crippen molar-refractivity contribution in [2.45, 2.75) is 13.0 Å². The Labute approximate surface area is 131 Å². The van der Waals surface area contributed by atoms with Crippen molar-refractivity contribution in [3.63, 3.8) is 0 Å². The predicted molar refractivity (Wildman–Crippen MR) is 81.5 cm³/mol. The average molecular weight is 411 g/mol. The highest BCUT2D eigenvalue weighted by atomic mass is 79.9. The fraction of sp³-hybridized carbons (Fsp3) is 0.231. The van der Waals surface area contributed by atoms with Crippen LogP contribution < -0.4 is 5.32 Å². The van der Waals surface area contributed by atoms with Crippen molar-refractivity contribution in [3.8, 4) is 0 Å². The van der Waals surface area contributed by atoms with Gasteiger partial charge in [-0.2, -0.15) is 0 Å². The molecule has 1 aromatic heterocycles. The molecule has 2 aromatic rings. The first-order chi connectivity index (χ1) is 9.04. The van der Waals surface area contributed by atoms with Crippen LogP contribution in [0.1, 0.15) is 10.4 Å². The molecule has 1 heterocycles. The van der Waals surface area contributed by atoms with Crippen LogP contribution in [0.5, 0.6) is 0 Å². The third-order valence-electron chi connectivity index (χ3n) is 2.51. The van der Waals surface area contributed by atoms with Crippen LogP contribution in [0.3, 0.4) is 0 Å². The van der Waals surface area contributed by atoms with E-state index in [1.165, 1.54) is 17.0 Å². The van der Waals surface area contributed by atoms with E-state index >= 15 is 0 Å². The van der Waals surface area contributed by atoms with Crippen LogP contribution in [0.2, 0.25) is 0 Å². The molecule has 19 heavy (non-hydrogen) atoms. The molecule has 0 aliphatic rings. The molecule has 0 saturated heterocycles. The lowest BCUT2D eigenvalue weighted by Crippen LogP contribution is -2.16. The lowest BCUT2D eigenvalue weighted by atomic mass is 10.1. The van der Waals surface area contributed by atoms with E-state index in [0.717, 1.165) is 20.9 Å². The number of hydrogen-bond donors (Lipinski definition) is 1. The molecule has 0 aliphatic heterocycles. The molecule has 1 aromatic carbocycles. The smallest absolute Gasteiger partial charge is 0.126 e. The van der Waals surface area contributed by atoms with Crippen LogP contribution in [0.25, 0.3) is 0 Å². The molecule has 0 fully saturated rings. The lowest BCUT2D eigenvalue weighted by molar-refractivity contribution is 0.577. The second-order valence-electron chi connectivity index (χ2n) is 4.04. The predicted octanol–water partition coefficient (Wildman–Crippen LogP) is 4.88. The van der Waals surface area contributed by atoms with Gasteiger partial charge in [0, 0.05) is 22.0 Å². The van der Waals surface area contributed by atoms with E-state index in [0.29, 0.717) is 18.5 Å². The van der Waals surface area contributed by atoms with Gasteiger partial charge in [0.15, 0.2) is 0 Å². The highest BCUT2D eigenvalue weighted by Crippen LogP contribution is 2.32. The first kappa shape index (κ1) is 15.1. The van der Waals surface area contributed by atoms with Crippen molar-refractivity contribution in [2.75, 3.05) is 6.54 Å². The fourth-order valence-electron chi connectivity index (χ4n) is 1.68. The van der Waals surface area contributed by atoms with Gasteiger partial charge in [0.2, 0.25) is 0 Å². The molecule has 0 atom stereocenters. The number of rotatable bonds is 5. The summed E-state index contributed by atoms with van der Waals surface area (Å²) in [5.41, 5.74) is 0.665. The van der Waals surface area contributed by atoms with Crippen LogP contribution in [0.4, 0.5) is 8.78 Å². The minimum atomic E-state index is -0.527. The number of nitrogens with one attached hydrogen (secondary N) is 1. The Bertz CT molecular complexity index is 532. The number of benzene rings is 1. The van der Waals surface area contributed by atoms with Gasteiger partial charge >= 0.3 is 0 Å². The maximum Gasteiger partial charge on any atom is 0.126 e. The average Bonchev–Trinajstić information content (AvgIpc) is 2.63.